The van der Waals surface area contributed by atoms with Crippen LogP contribution in [0.3, 0.4) is 0 Å². The van der Waals surface area contributed by atoms with Crippen molar-refractivity contribution in [2.45, 2.75) is 13.5 Å². The van der Waals surface area contributed by atoms with Crippen molar-refractivity contribution >= 4 is 11.6 Å². The van der Waals surface area contributed by atoms with Crippen molar-refractivity contribution in [3.8, 4) is 17.1 Å². The van der Waals surface area contributed by atoms with Gasteiger partial charge in [-0.25, -0.2) is 0 Å². The fourth-order valence-corrected chi connectivity index (χ4v) is 2.71. The van der Waals surface area contributed by atoms with Gasteiger partial charge >= 0.3 is 0 Å². The summed E-state index contributed by atoms with van der Waals surface area (Å²) in [6.45, 7) is 2.22. The number of anilines is 1. The maximum atomic E-state index is 12.2. The first kappa shape index (κ1) is 14.4. The van der Waals surface area contributed by atoms with Gasteiger partial charge in [0.15, 0.2) is 6.61 Å². The van der Waals surface area contributed by atoms with Gasteiger partial charge in [0.05, 0.1) is 5.69 Å². The monoisotopic (exact) mass is 321 g/mol. The third kappa shape index (κ3) is 2.52. The van der Waals surface area contributed by atoms with Crippen molar-refractivity contribution in [1.82, 2.24) is 10.1 Å². The molecule has 0 saturated carbocycles. The minimum absolute atomic E-state index is 0.00972. The number of fused-ring (bicyclic) bond motifs is 1. The van der Waals surface area contributed by atoms with Crippen molar-refractivity contribution in [2.75, 3.05) is 11.5 Å². The van der Waals surface area contributed by atoms with E-state index in [2.05, 4.69) is 10.1 Å². The molecule has 1 aromatic heterocycles. The standard InChI is InChI=1S/C18H15N3O3/c1-12-6-2-3-7-13(12)18-19-16(24-20-18)10-21-14-8-4-5-9-15(14)23-11-17(21)22/h2-9H,10-11H2,1H3. The van der Waals surface area contributed by atoms with Crippen LogP contribution in [0.2, 0.25) is 0 Å². The van der Waals surface area contributed by atoms with Crippen molar-refractivity contribution in [2.24, 2.45) is 0 Å². The van der Waals surface area contributed by atoms with E-state index in [0.29, 0.717) is 23.2 Å². The summed E-state index contributed by atoms with van der Waals surface area (Å²) < 4.78 is 10.8. The van der Waals surface area contributed by atoms with E-state index in [1.807, 2.05) is 55.5 Å². The van der Waals surface area contributed by atoms with Gasteiger partial charge < -0.3 is 9.26 Å². The predicted octanol–water partition coefficient (Wildman–Crippen LogP) is 2.97. The summed E-state index contributed by atoms with van der Waals surface area (Å²) in [7, 11) is 0. The molecule has 0 fully saturated rings. The Kier molecular flexibility index (Phi) is 3.49. The maximum absolute atomic E-state index is 12.2. The molecule has 2 aromatic carbocycles. The van der Waals surface area contributed by atoms with Gasteiger partial charge in [-0.15, -0.1) is 0 Å². The molecule has 0 bridgehead atoms. The summed E-state index contributed by atoms with van der Waals surface area (Å²) in [6.07, 6.45) is 0. The Labute approximate surface area is 138 Å². The lowest BCUT2D eigenvalue weighted by molar-refractivity contribution is -0.121. The number of aromatic nitrogens is 2. The molecule has 0 unspecified atom stereocenters. The smallest absolute Gasteiger partial charge is 0.265 e. The van der Waals surface area contributed by atoms with E-state index in [9.17, 15) is 4.79 Å². The molecule has 6 nitrogen and oxygen atoms in total. The Morgan fingerprint density at radius 2 is 1.92 bits per heavy atom. The van der Waals surface area contributed by atoms with Crippen LogP contribution in [-0.2, 0) is 11.3 Å². The van der Waals surface area contributed by atoms with Gasteiger partial charge in [-0.3, -0.25) is 9.69 Å². The molecule has 0 aliphatic carbocycles. The van der Waals surface area contributed by atoms with Crippen molar-refractivity contribution in [3.63, 3.8) is 0 Å². The Hall–Kier alpha value is -3.15. The topological polar surface area (TPSA) is 68.5 Å². The SMILES string of the molecule is Cc1ccccc1-c1noc(CN2C(=O)COc3ccccc32)n1. The molecular weight excluding hydrogens is 306 g/mol. The quantitative estimate of drug-likeness (QED) is 0.742. The second-order valence-electron chi connectivity index (χ2n) is 5.56. The van der Waals surface area contributed by atoms with Crippen molar-refractivity contribution in [3.05, 3.63) is 60.0 Å². The summed E-state index contributed by atoms with van der Waals surface area (Å²) >= 11 is 0. The Bertz CT molecular complexity index is 904. The summed E-state index contributed by atoms with van der Waals surface area (Å²) in [5.41, 5.74) is 2.70. The summed E-state index contributed by atoms with van der Waals surface area (Å²) in [5, 5.41) is 4.04. The number of para-hydroxylation sites is 2. The Morgan fingerprint density at radius 3 is 2.79 bits per heavy atom. The molecule has 0 radical (unpaired) electrons. The molecule has 1 aliphatic rings. The van der Waals surface area contributed by atoms with Gasteiger partial charge in [0.1, 0.15) is 12.3 Å². The van der Waals surface area contributed by atoms with E-state index in [4.69, 9.17) is 9.26 Å². The number of carbonyl (C=O) groups excluding carboxylic acids is 1. The third-order valence-electron chi connectivity index (χ3n) is 3.96. The van der Waals surface area contributed by atoms with Gasteiger partial charge in [0.2, 0.25) is 11.7 Å². The highest BCUT2D eigenvalue weighted by Gasteiger charge is 2.27. The molecule has 0 saturated heterocycles. The number of ether oxygens (including phenoxy) is 1. The zero-order valence-corrected chi connectivity index (χ0v) is 13.1. The first-order valence-corrected chi connectivity index (χ1v) is 7.63. The molecule has 1 aliphatic heterocycles. The summed E-state index contributed by atoms with van der Waals surface area (Å²) in [5.74, 6) is 1.45. The van der Waals surface area contributed by atoms with E-state index in [1.165, 1.54) is 0 Å². The molecule has 0 N–H and O–H groups in total. The van der Waals surface area contributed by atoms with Crippen LogP contribution in [0.4, 0.5) is 5.69 Å². The number of amides is 1. The largest absolute Gasteiger partial charge is 0.482 e. The van der Waals surface area contributed by atoms with Crippen LogP contribution >= 0.6 is 0 Å². The zero-order valence-electron chi connectivity index (χ0n) is 13.1. The molecule has 0 atom stereocenters. The summed E-state index contributed by atoms with van der Waals surface area (Å²) in [4.78, 5) is 18.2. The van der Waals surface area contributed by atoms with Gasteiger partial charge in [-0.2, -0.15) is 4.98 Å². The van der Waals surface area contributed by atoms with Crippen LogP contribution in [0.1, 0.15) is 11.5 Å². The molecule has 6 heteroatoms. The molecule has 120 valence electrons. The molecule has 1 amide bonds. The lowest BCUT2D eigenvalue weighted by Crippen LogP contribution is -2.38. The minimum Gasteiger partial charge on any atom is -0.482 e. The van der Waals surface area contributed by atoms with Crippen LogP contribution < -0.4 is 9.64 Å². The second-order valence-corrected chi connectivity index (χ2v) is 5.56. The number of nitrogens with zero attached hydrogens (tertiary/aromatic N) is 3. The average Bonchev–Trinajstić information content (AvgIpc) is 3.06. The third-order valence-corrected chi connectivity index (χ3v) is 3.96. The van der Waals surface area contributed by atoms with Crippen LogP contribution in [0.25, 0.3) is 11.4 Å². The fraction of sp³-hybridized carbons (Fsp3) is 0.167. The Balaban J connectivity index is 1.63. The van der Waals surface area contributed by atoms with Crippen LogP contribution in [0, 0.1) is 6.92 Å². The second kappa shape index (κ2) is 5.81. The molecule has 3 aromatic rings. The highest BCUT2D eigenvalue weighted by atomic mass is 16.5. The lowest BCUT2D eigenvalue weighted by Gasteiger charge is -2.27. The molecule has 4 rings (SSSR count). The highest BCUT2D eigenvalue weighted by molar-refractivity contribution is 5.97. The van der Waals surface area contributed by atoms with E-state index in [-0.39, 0.29) is 19.1 Å². The minimum atomic E-state index is -0.135. The van der Waals surface area contributed by atoms with Gasteiger partial charge in [0, 0.05) is 5.56 Å². The number of benzene rings is 2. The van der Waals surface area contributed by atoms with Crippen LogP contribution in [0.15, 0.2) is 53.1 Å². The van der Waals surface area contributed by atoms with Crippen molar-refractivity contribution < 1.29 is 14.1 Å². The van der Waals surface area contributed by atoms with E-state index in [0.717, 1.165) is 11.1 Å². The first-order valence-electron chi connectivity index (χ1n) is 7.63. The van der Waals surface area contributed by atoms with E-state index in [1.54, 1.807) is 4.90 Å². The lowest BCUT2D eigenvalue weighted by atomic mass is 10.1. The molecule has 24 heavy (non-hydrogen) atoms. The fourth-order valence-electron chi connectivity index (χ4n) is 2.71. The molecule has 0 spiro atoms. The number of hydrogen-bond donors (Lipinski definition) is 0. The molecular formula is C18H15N3O3. The molecule has 2 heterocycles. The van der Waals surface area contributed by atoms with E-state index >= 15 is 0 Å². The number of carbonyl (C=O) groups is 1. The predicted molar refractivity (Wildman–Crippen MR) is 87.6 cm³/mol. The zero-order chi connectivity index (χ0) is 16.5. The van der Waals surface area contributed by atoms with Crippen LogP contribution in [-0.4, -0.2) is 22.7 Å². The van der Waals surface area contributed by atoms with Crippen molar-refractivity contribution in [1.29, 1.82) is 0 Å². The van der Waals surface area contributed by atoms with E-state index < -0.39 is 0 Å². The highest BCUT2D eigenvalue weighted by Crippen LogP contribution is 2.32. The van der Waals surface area contributed by atoms with Gasteiger partial charge in [0.25, 0.3) is 5.91 Å². The van der Waals surface area contributed by atoms with Crippen LogP contribution in [0.5, 0.6) is 5.75 Å². The number of aryl methyl sites for hydroxylation is 1. The average molecular weight is 321 g/mol. The normalized spacial score (nSPS) is 13.5. The van der Waals surface area contributed by atoms with Gasteiger partial charge in [-0.1, -0.05) is 41.6 Å². The number of rotatable bonds is 3. The first-order chi connectivity index (χ1) is 11.7. The Morgan fingerprint density at radius 1 is 1.12 bits per heavy atom. The number of hydrogen-bond acceptors (Lipinski definition) is 5. The van der Waals surface area contributed by atoms with Gasteiger partial charge in [-0.05, 0) is 24.6 Å². The maximum Gasteiger partial charge on any atom is 0.265 e. The summed E-state index contributed by atoms with van der Waals surface area (Å²) in [6, 6.07) is 15.2.